The summed E-state index contributed by atoms with van der Waals surface area (Å²) >= 11 is 0. The molecule has 130 valence electrons. The number of nitrogens with zero attached hydrogens (tertiary/aromatic N) is 1. The van der Waals surface area contributed by atoms with Crippen LogP contribution >= 0.6 is 0 Å². The van der Waals surface area contributed by atoms with Gasteiger partial charge in [0.25, 0.3) is 5.91 Å². The Kier molecular flexibility index (Phi) is 6.11. The predicted octanol–water partition coefficient (Wildman–Crippen LogP) is 0.918. The first-order chi connectivity index (χ1) is 11.5. The molecular formula is C16H20FN3O4. The highest BCUT2D eigenvalue weighted by Gasteiger charge is 2.33. The molecule has 1 fully saturated rings. The average Bonchev–Trinajstić information content (AvgIpc) is 3.36. The molecule has 0 unspecified atom stereocenters. The van der Waals surface area contributed by atoms with E-state index in [0.29, 0.717) is 5.56 Å². The number of esters is 1. The van der Waals surface area contributed by atoms with Crippen LogP contribution in [-0.4, -0.2) is 42.0 Å². The monoisotopic (exact) mass is 337 g/mol. The molecule has 2 rings (SSSR count). The van der Waals surface area contributed by atoms with Crippen molar-refractivity contribution in [2.45, 2.75) is 31.8 Å². The van der Waals surface area contributed by atoms with Crippen LogP contribution in [0.5, 0.6) is 0 Å². The van der Waals surface area contributed by atoms with Crippen LogP contribution in [-0.2, 0) is 20.9 Å². The molecular weight excluding hydrogens is 317 g/mol. The van der Waals surface area contributed by atoms with Crippen molar-refractivity contribution in [1.29, 1.82) is 0 Å². The number of ether oxygens (including phenoxy) is 1. The fourth-order valence-electron chi connectivity index (χ4n) is 2.20. The van der Waals surface area contributed by atoms with E-state index >= 15 is 0 Å². The molecule has 1 aliphatic rings. The van der Waals surface area contributed by atoms with Gasteiger partial charge in [0.05, 0.1) is 6.42 Å². The van der Waals surface area contributed by atoms with Gasteiger partial charge in [-0.25, -0.2) is 9.18 Å². The predicted molar refractivity (Wildman–Crippen MR) is 83.1 cm³/mol. The fourth-order valence-corrected chi connectivity index (χ4v) is 2.20. The number of halogens is 1. The first-order valence-corrected chi connectivity index (χ1v) is 7.69. The van der Waals surface area contributed by atoms with E-state index in [2.05, 4.69) is 5.32 Å². The van der Waals surface area contributed by atoms with Gasteiger partial charge in [-0.1, -0.05) is 18.2 Å². The molecule has 8 heteroatoms. The largest absolute Gasteiger partial charge is 0.456 e. The number of carbonyl (C=O) groups excluding carboxylic acids is 3. The topological polar surface area (TPSA) is 102 Å². The van der Waals surface area contributed by atoms with Gasteiger partial charge in [-0.05, 0) is 18.9 Å². The highest BCUT2D eigenvalue weighted by Crippen LogP contribution is 2.29. The molecule has 1 saturated carbocycles. The number of hydrogen-bond donors (Lipinski definition) is 2. The second-order valence-corrected chi connectivity index (χ2v) is 5.55. The highest BCUT2D eigenvalue weighted by atomic mass is 19.1. The Morgan fingerprint density at radius 2 is 2.00 bits per heavy atom. The molecule has 1 aromatic carbocycles. The van der Waals surface area contributed by atoms with Gasteiger partial charge in [0, 0.05) is 24.7 Å². The summed E-state index contributed by atoms with van der Waals surface area (Å²) in [6.07, 6.45) is 1.64. The summed E-state index contributed by atoms with van der Waals surface area (Å²) in [6, 6.07) is 5.59. The van der Waals surface area contributed by atoms with Crippen LogP contribution in [0.2, 0.25) is 0 Å². The smallest absolute Gasteiger partial charge is 0.312 e. The van der Waals surface area contributed by atoms with Crippen LogP contribution < -0.4 is 11.1 Å². The first kappa shape index (κ1) is 17.7. The number of benzene rings is 1. The molecule has 0 radical (unpaired) electrons. The van der Waals surface area contributed by atoms with E-state index in [0.717, 1.165) is 12.8 Å². The van der Waals surface area contributed by atoms with Gasteiger partial charge in [-0.15, -0.1) is 0 Å². The van der Waals surface area contributed by atoms with Crippen LogP contribution in [0.1, 0.15) is 24.8 Å². The molecule has 0 spiro atoms. The van der Waals surface area contributed by atoms with E-state index in [-0.39, 0.29) is 37.3 Å². The Hall–Kier alpha value is -2.64. The van der Waals surface area contributed by atoms with Gasteiger partial charge < -0.3 is 20.7 Å². The third-order valence-electron chi connectivity index (χ3n) is 3.59. The normalized spacial score (nSPS) is 13.2. The number of rotatable bonds is 8. The standard InChI is InChI=1S/C16H20FN3O4/c17-13-4-2-1-3-11(13)9-20(12-5-6-12)14(21)10-24-15(22)7-8-19-16(18)23/h1-4,12H,5-10H2,(H3,18,19,23). The SMILES string of the molecule is NC(=O)NCCC(=O)OCC(=O)N(Cc1ccccc1F)C1CC1. The van der Waals surface area contributed by atoms with Crippen LogP contribution in [0, 0.1) is 5.82 Å². The molecule has 3 N–H and O–H groups in total. The van der Waals surface area contributed by atoms with Crippen molar-refractivity contribution >= 4 is 17.9 Å². The lowest BCUT2D eigenvalue weighted by molar-refractivity contribution is -0.152. The molecule has 0 atom stereocenters. The zero-order chi connectivity index (χ0) is 17.5. The van der Waals surface area contributed by atoms with Crippen LogP contribution in [0.3, 0.4) is 0 Å². The van der Waals surface area contributed by atoms with E-state index in [9.17, 15) is 18.8 Å². The Balaban J connectivity index is 1.83. The maximum atomic E-state index is 13.7. The van der Waals surface area contributed by atoms with Crippen LogP contribution in [0.4, 0.5) is 9.18 Å². The Morgan fingerprint density at radius 3 is 2.62 bits per heavy atom. The van der Waals surface area contributed by atoms with Crippen molar-refractivity contribution in [2.24, 2.45) is 5.73 Å². The molecule has 1 aliphatic carbocycles. The Labute approximate surface area is 138 Å². The van der Waals surface area contributed by atoms with Crippen molar-refractivity contribution in [3.63, 3.8) is 0 Å². The van der Waals surface area contributed by atoms with Crippen molar-refractivity contribution in [2.75, 3.05) is 13.2 Å². The van der Waals surface area contributed by atoms with Gasteiger partial charge in [0.2, 0.25) is 0 Å². The van der Waals surface area contributed by atoms with Gasteiger partial charge >= 0.3 is 12.0 Å². The second kappa shape index (κ2) is 8.28. The molecule has 1 aromatic rings. The number of nitrogens with two attached hydrogens (primary N) is 1. The summed E-state index contributed by atoms with van der Waals surface area (Å²) in [5.74, 6) is -1.35. The van der Waals surface area contributed by atoms with Crippen molar-refractivity contribution in [3.05, 3.63) is 35.6 Å². The Morgan fingerprint density at radius 1 is 1.29 bits per heavy atom. The summed E-state index contributed by atoms with van der Waals surface area (Å²) in [5.41, 5.74) is 5.30. The minimum Gasteiger partial charge on any atom is -0.456 e. The number of amides is 3. The molecule has 24 heavy (non-hydrogen) atoms. The molecule has 0 aliphatic heterocycles. The number of nitrogens with one attached hydrogen (secondary N) is 1. The molecule has 0 aromatic heterocycles. The van der Waals surface area contributed by atoms with Crippen LogP contribution in [0.15, 0.2) is 24.3 Å². The maximum absolute atomic E-state index is 13.7. The van der Waals surface area contributed by atoms with E-state index in [4.69, 9.17) is 10.5 Å². The minimum atomic E-state index is -0.733. The van der Waals surface area contributed by atoms with E-state index < -0.39 is 18.6 Å². The lowest BCUT2D eigenvalue weighted by Crippen LogP contribution is -2.36. The molecule has 0 heterocycles. The second-order valence-electron chi connectivity index (χ2n) is 5.55. The zero-order valence-electron chi connectivity index (χ0n) is 13.2. The number of hydrogen-bond acceptors (Lipinski definition) is 4. The minimum absolute atomic E-state index is 0.0456. The van der Waals surface area contributed by atoms with Gasteiger partial charge in [0.15, 0.2) is 6.61 Å². The van der Waals surface area contributed by atoms with Gasteiger partial charge in [0.1, 0.15) is 5.82 Å². The van der Waals surface area contributed by atoms with Crippen LogP contribution in [0.25, 0.3) is 0 Å². The quantitative estimate of drug-likeness (QED) is 0.689. The Bertz CT molecular complexity index is 619. The summed E-state index contributed by atoms with van der Waals surface area (Å²) in [6.45, 7) is -0.207. The maximum Gasteiger partial charge on any atom is 0.312 e. The van der Waals surface area contributed by atoms with Gasteiger partial charge in [-0.3, -0.25) is 9.59 Å². The van der Waals surface area contributed by atoms with E-state index in [1.807, 2.05) is 0 Å². The lowest BCUT2D eigenvalue weighted by atomic mass is 10.2. The number of primary amides is 1. The summed E-state index contributed by atoms with van der Waals surface area (Å²) in [4.78, 5) is 35.8. The molecule has 3 amide bonds. The molecule has 0 bridgehead atoms. The van der Waals surface area contributed by atoms with Crippen molar-refractivity contribution < 1.29 is 23.5 Å². The zero-order valence-corrected chi connectivity index (χ0v) is 13.2. The number of urea groups is 1. The third-order valence-corrected chi connectivity index (χ3v) is 3.59. The first-order valence-electron chi connectivity index (χ1n) is 7.69. The summed E-state index contributed by atoms with van der Waals surface area (Å²) in [7, 11) is 0. The molecule has 0 saturated heterocycles. The molecule has 7 nitrogen and oxygen atoms in total. The van der Waals surface area contributed by atoms with Gasteiger partial charge in [-0.2, -0.15) is 0 Å². The average molecular weight is 337 g/mol. The van der Waals surface area contributed by atoms with E-state index in [1.165, 1.54) is 11.0 Å². The highest BCUT2D eigenvalue weighted by molar-refractivity contribution is 5.81. The summed E-state index contributed by atoms with van der Waals surface area (Å²) < 4.78 is 18.6. The van der Waals surface area contributed by atoms with Crippen molar-refractivity contribution in [3.8, 4) is 0 Å². The number of carbonyl (C=O) groups is 3. The van der Waals surface area contributed by atoms with Crippen molar-refractivity contribution in [1.82, 2.24) is 10.2 Å². The third kappa shape index (κ3) is 5.53. The fraction of sp³-hybridized carbons (Fsp3) is 0.438. The lowest BCUT2D eigenvalue weighted by Gasteiger charge is -2.22. The summed E-state index contributed by atoms with van der Waals surface area (Å²) in [5, 5.41) is 2.25. The van der Waals surface area contributed by atoms with E-state index in [1.54, 1.807) is 18.2 Å².